The Hall–Kier alpha value is -1.02. The number of hydrogen-bond acceptors (Lipinski definition) is 2. The zero-order chi connectivity index (χ0) is 12.5. The van der Waals surface area contributed by atoms with Crippen LogP contribution in [-0.2, 0) is 6.42 Å². The van der Waals surface area contributed by atoms with Crippen molar-refractivity contribution in [3.8, 4) is 0 Å². The lowest BCUT2D eigenvalue weighted by Crippen LogP contribution is -2.38. The van der Waals surface area contributed by atoms with Crippen molar-refractivity contribution in [2.75, 3.05) is 18.0 Å². The number of aryl methyl sites for hydroxylation is 1. The average molecular weight is 232 g/mol. The number of rotatable bonds is 3. The highest BCUT2D eigenvalue weighted by Gasteiger charge is 2.37. The second kappa shape index (κ2) is 4.69. The van der Waals surface area contributed by atoms with Crippen LogP contribution in [0.25, 0.3) is 0 Å². The van der Waals surface area contributed by atoms with Crippen molar-refractivity contribution in [3.05, 3.63) is 29.8 Å². The van der Waals surface area contributed by atoms with Gasteiger partial charge in [0.1, 0.15) is 0 Å². The lowest BCUT2D eigenvalue weighted by Gasteiger charge is -2.33. The summed E-state index contributed by atoms with van der Waals surface area (Å²) in [4.78, 5) is 2.50. The van der Waals surface area contributed by atoms with Crippen LogP contribution in [0.1, 0.15) is 32.8 Å². The Morgan fingerprint density at radius 3 is 2.41 bits per heavy atom. The largest absolute Gasteiger partial charge is 0.366 e. The van der Waals surface area contributed by atoms with Crippen molar-refractivity contribution >= 4 is 5.69 Å². The van der Waals surface area contributed by atoms with E-state index in [4.69, 9.17) is 5.73 Å². The van der Waals surface area contributed by atoms with Crippen molar-refractivity contribution in [1.29, 1.82) is 0 Å². The molecule has 0 bridgehead atoms. The third-order valence-electron chi connectivity index (χ3n) is 3.95. The zero-order valence-electron chi connectivity index (χ0n) is 11.2. The molecule has 1 heterocycles. The molecule has 1 aromatic carbocycles. The molecule has 2 rings (SSSR count). The van der Waals surface area contributed by atoms with Crippen molar-refractivity contribution in [2.45, 2.75) is 39.2 Å². The van der Waals surface area contributed by atoms with Crippen molar-refractivity contribution in [2.24, 2.45) is 11.7 Å². The predicted molar refractivity (Wildman–Crippen MR) is 74.4 cm³/mol. The molecule has 0 saturated carbocycles. The SMILES string of the molecule is CCc1ccc(N2CC(CN)CC2(C)C)cc1. The van der Waals surface area contributed by atoms with Gasteiger partial charge in [0.2, 0.25) is 0 Å². The number of anilines is 1. The van der Waals surface area contributed by atoms with E-state index in [0.29, 0.717) is 5.92 Å². The lowest BCUT2D eigenvalue weighted by molar-refractivity contribution is 0.476. The minimum Gasteiger partial charge on any atom is -0.366 e. The molecule has 0 aliphatic carbocycles. The van der Waals surface area contributed by atoms with Crippen LogP contribution in [0.4, 0.5) is 5.69 Å². The molecule has 0 radical (unpaired) electrons. The van der Waals surface area contributed by atoms with E-state index in [1.54, 1.807) is 0 Å². The first-order valence-corrected chi connectivity index (χ1v) is 6.63. The van der Waals surface area contributed by atoms with Crippen LogP contribution in [0.3, 0.4) is 0 Å². The Labute approximate surface area is 105 Å². The fraction of sp³-hybridized carbons (Fsp3) is 0.600. The van der Waals surface area contributed by atoms with Gasteiger partial charge in [0, 0.05) is 17.8 Å². The molecule has 0 aromatic heterocycles. The lowest BCUT2D eigenvalue weighted by atomic mass is 9.96. The molecule has 1 aliphatic rings. The Bertz CT molecular complexity index is 367. The molecule has 94 valence electrons. The van der Waals surface area contributed by atoms with Crippen LogP contribution < -0.4 is 10.6 Å². The normalized spacial score (nSPS) is 23.1. The fourth-order valence-corrected chi connectivity index (χ4v) is 2.91. The number of nitrogens with two attached hydrogens (primary N) is 1. The highest BCUT2D eigenvalue weighted by molar-refractivity contribution is 5.51. The molecule has 17 heavy (non-hydrogen) atoms. The molecular formula is C15H24N2. The Balaban J connectivity index is 2.20. The Kier molecular flexibility index (Phi) is 3.43. The molecule has 1 fully saturated rings. The van der Waals surface area contributed by atoms with Gasteiger partial charge in [-0.15, -0.1) is 0 Å². The fourth-order valence-electron chi connectivity index (χ4n) is 2.91. The molecule has 0 spiro atoms. The molecule has 2 heteroatoms. The van der Waals surface area contributed by atoms with Crippen LogP contribution in [0.15, 0.2) is 24.3 Å². The van der Waals surface area contributed by atoms with Gasteiger partial charge in [-0.05, 0) is 56.8 Å². The van der Waals surface area contributed by atoms with E-state index in [0.717, 1.165) is 19.5 Å². The summed E-state index contributed by atoms with van der Waals surface area (Å²) in [7, 11) is 0. The minimum absolute atomic E-state index is 0.234. The van der Waals surface area contributed by atoms with Crippen LogP contribution >= 0.6 is 0 Å². The highest BCUT2D eigenvalue weighted by Crippen LogP contribution is 2.36. The topological polar surface area (TPSA) is 29.3 Å². The zero-order valence-corrected chi connectivity index (χ0v) is 11.2. The summed E-state index contributed by atoms with van der Waals surface area (Å²) in [5.74, 6) is 0.635. The van der Waals surface area contributed by atoms with E-state index in [2.05, 4.69) is 49.9 Å². The molecule has 2 nitrogen and oxygen atoms in total. The number of benzene rings is 1. The van der Waals surface area contributed by atoms with Gasteiger partial charge in [0.25, 0.3) is 0 Å². The molecular weight excluding hydrogens is 208 g/mol. The van der Waals surface area contributed by atoms with E-state index >= 15 is 0 Å². The predicted octanol–water partition coefficient (Wildman–Crippen LogP) is 2.81. The van der Waals surface area contributed by atoms with Crippen molar-refractivity contribution in [1.82, 2.24) is 0 Å². The maximum absolute atomic E-state index is 5.81. The summed E-state index contributed by atoms with van der Waals surface area (Å²) in [6.45, 7) is 8.72. The van der Waals surface area contributed by atoms with Crippen LogP contribution in [0.2, 0.25) is 0 Å². The van der Waals surface area contributed by atoms with Gasteiger partial charge in [0.05, 0.1) is 0 Å². The molecule has 1 aliphatic heterocycles. The quantitative estimate of drug-likeness (QED) is 0.868. The molecule has 0 amide bonds. The van der Waals surface area contributed by atoms with Gasteiger partial charge in [-0.2, -0.15) is 0 Å². The second-order valence-electron chi connectivity index (χ2n) is 5.75. The maximum atomic E-state index is 5.81. The third kappa shape index (κ3) is 2.47. The number of hydrogen-bond donors (Lipinski definition) is 1. The molecule has 1 saturated heterocycles. The first-order chi connectivity index (χ1) is 8.06. The van der Waals surface area contributed by atoms with Gasteiger partial charge in [-0.25, -0.2) is 0 Å². The van der Waals surface area contributed by atoms with Gasteiger partial charge in [-0.3, -0.25) is 0 Å². The van der Waals surface area contributed by atoms with Crippen molar-refractivity contribution in [3.63, 3.8) is 0 Å². The Morgan fingerprint density at radius 1 is 1.29 bits per heavy atom. The molecule has 1 atom stereocenters. The minimum atomic E-state index is 0.234. The standard InChI is InChI=1S/C15H24N2/c1-4-12-5-7-14(8-6-12)17-11-13(10-16)9-15(17,2)3/h5-8,13H,4,9-11,16H2,1-3H3. The van der Waals surface area contributed by atoms with Gasteiger partial charge < -0.3 is 10.6 Å². The smallest absolute Gasteiger partial charge is 0.0370 e. The first-order valence-electron chi connectivity index (χ1n) is 6.63. The first kappa shape index (κ1) is 12.4. The van der Waals surface area contributed by atoms with Crippen LogP contribution in [0, 0.1) is 5.92 Å². The number of nitrogens with zero attached hydrogens (tertiary/aromatic N) is 1. The monoisotopic (exact) mass is 232 g/mol. The third-order valence-corrected chi connectivity index (χ3v) is 3.95. The average Bonchev–Trinajstić information content (AvgIpc) is 2.64. The van der Waals surface area contributed by atoms with E-state index in [1.165, 1.54) is 17.7 Å². The van der Waals surface area contributed by atoms with Crippen LogP contribution in [0.5, 0.6) is 0 Å². The summed E-state index contributed by atoms with van der Waals surface area (Å²) in [5, 5.41) is 0. The summed E-state index contributed by atoms with van der Waals surface area (Å²) in [6, 6.07) is 8.97. The summed E-state index contributed by atoms with van der Waals surface area (Å²) >= 11 is 0. The maximum Gasteiger partial charge on any atom is 0.0370 e. The van der Waals surface area contributed by atoms with E-state index < -0.39 is 0 Å². The van der Waals surface area contributed by atoms with Crippen LogP contribution in [-0.4, -0.2) is 18.6 Å². The van der Waals surface area contributed by atoms with Gasteiger partial charge in [-0.1, -0.05) is 19.1 Å². The van der Waals surface area contributed by atoms with E-state index in [9.17, 15) is 0 Å². The van der Waals surface area contributed by atoms with E-state index in [-0.39, 0.29) is 5.54 Å². The van der Waals surface area contributed by atoms with Gasteiger partial charge in [0.15, 0.2) is 0 Å². The molecule has 1 unspecified atom stereocenters. The highest BCUT2D eigenvalue weighted by atomic mass is 15.2. The second-order valence-corrected chi connectivity index (χ2v) is 5.75. The summed E-state index contributed by atoms with van der Waals surface area (Å²) in [5.41, 5.74) is 8.79. The Morgan fingerprint density at radius 2 is 1.94 bits per heavy atom. The summed E-state index contributed by atoms with van der Waals surface area (Å²) < 4.78 is 0. The summed E-state index contributed by atoms with van der Waals surface area (Å²) in [6.07, 6.45) is 2.30. The van der Waals surface area contributed by atoms with Gasteiger partial charge >= 0.3 is 0 Å². The van der Waals surface area contributed by atoms with E-state index in [1.807, 2.05) is 0 Å². The van der Waals surface area contributed by atoms with Crippen molar-refractivity contribution < 1.29 is 0 Å². The molecule has 2 N–H and O–H groups in total. The molecule has 1 aromatic rings.